The highest BCUT2D eigenvalue weighted by atomic mass is 32.1. The maximum absolute atomic E-state index is 11.8. The highest BCUT2D eigenvalue weighted by Gasteiger charge is 2.11. The average molecular weight is 293 g/mol. The molecule has 0 aromatic carbocycles. The molecule has 2 heterocycles. The van der Waals surface area contributed by atoms with E-state index in [4.69, 9.17) is 5.11 Å². The molecule has 1 unspecified atom stereocenters. The van der Waals surface area contributed by atoms with Crippen LogP contribution in [0, 0.1) is 0 Å². The van der Waals surface area contributed by atoms with Gasteiger partial charge in [-0.1, -0.05) is 0 Å². The Morgan fingerprint density at radius 1 is 1.55 bits per heavy atom. The smallest absolute Gasteiger partial charge is 0.338 e. The monoisotopic (exact) mass is 293 g/mol. The number of thiophene rings is 1. The lowest BCUT2D eigenvalue weighted by Crippen LogP contribution is -2.36. The van der Waals surface area contributed by atoms with Crippen molar-refractivity contribution in [3.05, 3.63) is 40.3 Å². The van der Waals surface area contributed by atoms with E-state index in [2.05, 4.69) is 15.8 Å². The van der Waals surface area contributed by atoms with Crippen molar-refractivity contribution in [2.24, 2.45) is 0 Å². The summed E-state index contributed by atoms with van der Waals surface area (Å²) < 4.78 is 1.32. The Labute approximate surface area is 120 Å². The third-order valence-corrected chi connectivity index (χ3v) is 3.45. The van der Waals surface area contributed by atoms with Gasteiger partial charge in [-0.2, -0.15) is 16.4 Å². The Bertz CT molecular complexity index is 592. The van der Waals surface area contributed by atoms with Crippen LogP contribution in [-0.2, 0) is 17.8 Å². The summed E-state index contributed by atoms with van der Waals surface area (Å²) in [6.07, 6.45) is 3.34. The van der Waals surface area contributed by atoms with Gasteiger partial charge < -0.3 is 10.4 Å². The lowest BCUT2D eigenvalue weighted by Gasteiger charge is -2.13. The van der Waals surface area contributed by atoms with Gasteiger partial charge in [0.2, 0.25) is 5.91 Å². The summed E-state index contributed by atoms with van der Waals surface area (Å²) in [5, 5.41) is 19.5. The number of hydrogen-bond acceptors (Lipinski definition) is 4. The SMILES string of the molecule is CC(Cc1ccsc1)NC(=O)Cn1cc(C(=O)O)cn1. The largest absolute Gasteiger partial charge is 0.478 e. The fourth-order valence-corrected chi connectivity index (χ4v) is 2.52. The number of aromatic carboxylic acids is 1. The van der Waals surface area contributed by atoms with Crippen LogP contribution < -0.4 is 5.32 Å². The van der Waals surface area contributed by atoms with E-state index in [9.17, 15) is 9.59 Å². The van der Waals surface area contributed by atoms with Crippen LogP contribution in [0.2, 0.25) is 0 Å². The molecular weight excluding hydrogens is 278 g/mol. The summed E-state index contributed by atoms with van der Waals surface area (Å²) in [5.74, 6) is -1.24. The summed E-state index contributed by atoms with van der Waals surface area (Å²) in [5.41, 5.74) is 1.26. The van der Waals surface area contributed by atoms with Gasteiger partial charge in [-0.25, -0.2) is 4.79 Å². The summed E-state index contributed by atoms with van der Waals surface area (Å²) >= 11 is 1.63. The predicted molar refractivity (Wildman–Crippen MR) is 74.8 cm³/mol. The molecule has 2 aromatic heterocycles. The summed E-state index contributed by atoms with van der Waals surface area (Å²) in [6.45, 7) is 1.95. The van der Waals surface area contributed by atoms with Crippen molar-refractivity contribution in [3.63, 3.8) is 0 Å². The van der Waals surface area contributed by atoms with Crippen LogP contribution in [0.15, 0.2) is 29.2 Å². The van der Waals surface area contributed by atoms with E-state index in [1.165, 1.54) is 22.6 Å². The number of hydrogen-bond donors (Lipinski definition) is 2. The second-order valence-electron chi connectivity index (χ2n) is 4.54. The summed E-state index contributed by atoms with van der Waals surface area (Å²) in [6, 6.07) is 2.05. The van der Waals surface area contributed by atoms with E-state index in [-0.39, 0.29) is 24.1 Å². The number of nitrogens with one attached hydrogen (secondary N) is 1. The Morgan fingerprint density at radius 2 is 2.35 bits per heavy atom. The van der Waals surface area contributed by atoms with Gasteiger partial charge in [-0.15, -0.1) is 0 Å². The van der Waals surface area contributed by atoms with Crippen molar-refractivity contribution >= 4 is 23.2 Å². The van der Waals surface area contributed by atoms with E-state index >= 15 is 0 Å². The van der Waals surface area contributed by atoms with E-state index < -0.39 is 5.97 Å². The molecule has 6 nitrogen and oxygen atoms in total. The molecule has 2 N–H and O–H groups in total. The van der Waals surface area contributed by atoms with E-state index in [1.807, 2.05) is 18.4 Å². The number of nitrogens with zero attached hydrogens (tertiary/aromatic N) is 2. The first kappa shape index (κ1) is 14.3. The number of aromatic nitrogens is 2. The van der Waals surface area contributed by atoms with Crippen LogP contribution in [-0.4, -0.2) is 32.8 Å². The number of amides is 1. The zero-order valence-corrected chi connectivity index (χ0v) is 11.8. The van der Waals surface area contributed by atoms with Crippen LogP contribution in [0.25, 0.3) is 0 Å². The molecule has 20 heavy (non-hydrogen) atoms. The number of carboxylic acids is 1. The molecule has 1 atom stereocenters. The normalized spacial score (nSPS) is 12.1. The molecule has 0 spiro atoms. The van der Waals surface area contributed by atoms with Gasteiger partial charge in [-0.3, -0.25) is 9.48 Å². The van der Waals surface area contributed by atoms with Gasteiger partial charge >= 0.3 is 5.97 Å². The second kappa shape index (κ2) is 6.33. The molecule has 2 rings (SSSR count). The van der Waals surface area contributed by atoms with Crippen molar-refractivity contribution in [3.8, 4) is 0 Å². The molecule has 0 aliphatic carbocycles. The Morgan fingerprint density at radius 3 is 2.95 bits per heavy atom. The first-order valence-electron chi connectivity index (χ1n) is 6.11. The third-order valence-electron chi connectivity index (χ3n) is 2.72. The fraction of sp³-hybridized carbons (Fsp3) is 0.308. The zero-order valence-electron chi connectivity index (χ0n) is 10.9. The molecule has 0 aliphatic heterocycles. The second-order valence-corrected chi connectivity index (χ2v) is 5.32. The summed E-state index contributed by atoms with van der Waals surface area (Å²) in [4.78, 5) is 22.5. The molecular formula is C13H15N3O3S. The van der Waals surface area contributed by atoms with Gasteiger partial charge in [0.25, 0.3) is 0 Å². The molecule has 2 aromatic rings. The lowest BCUT2D eigenvalue weighted by atomic mass is 10.1. The van der Waals surface area contributed by atoms with Crippen molar-refractivity contribution in [1.29, 1.82) is 0 Å². The van der Waals surface area contributed by atoms with Gasteiger partial charge in [0.05, 0.1) is 11.8 Å². The maximum atomic E-state index is 11.8. The topological polar surface area (TPSA) is 84.2 Å². The van der Waals surface area contributed by atoms with Gasteiger partial charge in [0.1, 0.15) is 6.54 Å². The first-order valence-corrected chi connectivity index (χ1v) is 7.05. The fourth-order valence-electron chi connectivity index (χ4n) is 1.84. The summed E-state index contributed by atoms with van der Waals surface area (Å²) in [7, 11) is 0. The van der Waals surface area contributed by atoms with Gasteiger partial charge in [-0.05, 0) is 35.7 Å². The minimum Gasteiger partial charge on any atom is -0.478 e. The Balaban J connectivity index is 1.83. The minimum atomic E-state index is -1.05. The molecule has 7 heteroatoms. The highest BCUT2D eigenvalue weighted by molar-refractivity contribution is 7.07. The van der Waals surface area contributed by atoms with Crippen molar-refractivity contribution in [1.82, 2.24) is 15.1 Å². The molecule has 1 amide bonds. The zero-order chi connectivity index (χ0) is 14.5. The Hall–Kier alpha value is -2.15. The predicted octanol–water partition coefficient (Wildman–Crippen LogP) is 1.39. The van der Waals surface area contributed by atoms with Crippen molar-refractivity contribution in [2.45, 2.75) is 25.9 Å². The first-order chi connectivity index (χ1) is 9.54. The van der Waals surface area contributed by atoms with Crippen LogP contribution in [0.4, 0.5) is 0 Å². The van der Waals surface area contributed by atoms with Crippen molar-refractivity contribution < 1.29 is 14.7 Å². The number of carbonyl (C=O) groups is 2. The quantitative estimate of drug-likeness (QED) is 0.843. The van der Waals surface area contributed by atoms with E-state index in [0.29, 0.717) is 0 Å². The van der Waals surface area contributed by atoms with Crippen LogP contribution in [0.3, 0.4) is 0 Å². The van der Waals surface area contributed by atoms with E-state index in [0.717, 1.165) is 6.42 Å². The third kappa shape index (κ3) is 3.92. The van der Waals surface area contributed by atoms with E-state index in [1.54, 1.807) is 11.3 Å². The number of carboxylic acid groups (broad SMARTS) is 1. The van der Waals surface area contributed by atoms with Crippen LogP contribution in [0.5, 0.6) is 0 Å². The molecule has 106 valence electrons. The van der Waals surface area contributed by atoms with Crippen LogP contribution >= 0.6 is 11.3 Å². The number of carbonyl (C=O) groups excluding carboxylic acids is 1. The molecule has 0 saturated carbocycles. The average Bonchev–Trinajstić information content (AvgIpc) is 2.99. The van der Waals surface area contributed by atoms with Gasteiger partial charge in [0.15, 0.2) is 0 Å². The maximum Gasteiger partial charge on any atom is 0.338 e. The molecule has 0 bridgehead atoms. The molecule has 0 radical (unpaired) electrons. The van der Waals surface area contributed by atoms with Crippen LogP contribution in [0.1, 0.15) is 22.8 Å². The highest BCUT2D eigenvalue weighted by Crippen LogP contribution is 2.08. The number of rotatable bonds is 6. The standard InChI is InChI=1S/C13H15N3O3S/c1-9(4-10-2-3-20-8-10)15-12(17)7-16-6-11(5-14-16)13(18)19/h2-3,5-6,8-9H,4,7H2,1H3,(H,15,17)(H,18,19). The molecule has 0 fully saturated rings. The van der Waals surface area contributed by atoms with Gasteiger partial charge in [0, 0.05) is 12.2 Å². The molecule has 0 saturated heterocycles. The molecule has 0 aliphatic rings. The Kier molecular flexibility index (Phi) is 4.52. The minimum absolute atomic E-state index is 0.0151. The van der Waals surface area contributed by atoms with Crippen molar-refractivity contribution in [2.75, 3.05) is 0 Å². The lowest BCUT2D eigenvalue weighted by molar-refractivity contribution is -0.122.